The molecule has 7 heteroatoms. The van der Waals surface area contributed by atoms with E-state index in [0.29, 0.717) is 5.69 Å². The molecular formula is C21H15F3INO2. The van der Waals surface area contributed by atoms with Gasteiger partial charge in [-0.1, -0.05) is 37.3 Å². The van der Waals surface area contributed by atoms with Gasteiger partial charge in [0.05, 0.1) is 34.2 Å². The van der Waals surface area contributed by atoms with E-state index in [1.807, 2.05) is 39.5 Å². The molecule has 0 saturated heterocycles. The Bertz CT molecular complexity index is 1140. The fourth-order valence-electron chi connectivity index (χ4n) is 3.21. The molecule has 0 spiro atoms. The first kappa shape index (κ1) is 18.9. The van der Waals surface area contributed by atoms with Crippen molar-refractivity contribution in [2.24, 2.45) is 0 Å². The summed E-state index contributed by atoms with van der Waals surface area (Å²) in [5, 5.41) is 2.05. The van der Waals surface area contributed by atoms with Crippen LogP contribution in [0.3, 0.4) is 0 Å². The van der Waals surface area contributed by atoms with E-state index >= 15 is 0 Å². The van der Waals surface area contributed by atoms with Crippen LogP contribution in [-0.2, 0) is 6.42 Å². The summed E-state index contributed by atoms with van der Waals surface area (Å²) in [6.07, 6.45) is -3.84. The molecule has 3 nitrogen and oxygen atoms in total. The first-order chi connectivity index (χ1) is 13.4. The Kier molecular flexibility index (Phi) is 4.86. The molecule has 0 fully saturated rings. The molecule has 0 aliphatic rings. The molecule has 0 N–H and O–H groups in total. The number of ether oxygens (including phenoxy) is 1. The second kappa shape index (κ2) is 7.20. The maximum absolute atomic E-state index is 12.4. The van der Waals surface area contributed by atoms with E-state index in [2.05, 4.69) is 34.5 Å². The molecule has 28 heavy (non-hydrogen) atoms. The Labute approximate surface area is 173 Å². The lowest BCUT2D eigenvalue weighted by atomic mass is 10.1. The van der Waals surface area contributed by atoms with Crippen molar-refractivity contribution in [1.82, 2.24) is 0 Å². The van der Waals surface area contributed by atoms with E-state index < -0.39 is 6.36 Å². The quantitative estimate of drug-likeness (QED) is 0.215. The maximum atomic E-state index is 12.4. The predicted molar refractivity (Wildman–Crippen MR) is 112 cm³/mol. The van der Waals surface area contributed by atoms with Crippen LogP contribution in [-0.4, -0.2) is 6.36 Å². The molecule has 1 heterocycles. The molecule has 0 unspecified atom stereocenters. The van der Waals surface area contributed by atoms with Crippen LogP contribution in [0.4, 0.5) is 24.5 Å². The zero-order valence-electron chi connectivity index (χ0n) is 14.8. The van der Waals surface area contributed by atoms with Crippen molar-refractivity contribution in [2.45, 2.75) is 19.7 Å². The molecule has 4 rings (SSSR count). The van der Waals surface area contributed by atoms with Crippen LogP contribution in [0.1, 0.15) is 12.5 Å². The fourth-order valence-corrected chi connectivity index (χ4v) is 3.92. The lowest BCUT2D eigenvalue weighted by molar-refractivity contribution is -0.274. The Morgan fingerprint density at radius 1 is 0.929 bits per heavy atom. The van der Waals surface area contributed by atoms with Gasteiger partial charge >= 0.3 is 6.36 Å². The van der Waals surface area contributed by atoms with Crippen molar-refractivity contribution in [2.75, 3.05) is 3.11 Å². The van der Waals surface area contributed by atoms with Crippen molar-refractivity contribution < 1.29 is 22.3 Å². The first-order valence-corrected chi connectivity index (χ1v) is 9.58. The molecule has 1 aromatic heterocycles. The van der Waals surface area contributed by atoms with E-state index in [1.54, 1.807) is 12.1 Å². The summed E-state index contributed by atoms with van der Waals surface area (Å²) in [6, 6.07) is 17.7. The average Bonchev–Trinajstić information content (AvgIpc) is 3.05. The summed E-state index contributed by atoms with van der Waals surface area (Å²) < 4.78 is 49.1. The highest BCUT2D eigenvalue weighted by atomic mass is 127. The molecule has 144 valence electrons. The third kappa shape index (κ3) is 3.50. The molecule has 0 amide bonds. The van der Waals surface area contributed by atoms with Gasteiger partial charge in [0.1, 0.15) is 11.3 Å². The zero-order chi connectivity index (χ0) is 19.9. The highest BCUT2D eigenvalue weighted by molar-refractivity contribution is 14.1. The average molecular weight is 497 g/mol. The predicted octanol–water partition coefficient (Wildman–Crippen LogP) is 7.54. The fraction of sp³-hybridized carbons (Fsp3) is 0.143. The first-order valence-electron chi connectivity index (χ1n) is 8.62. The number of para-hydroxylation sites is 2. The number of fused-ring (bicyclic) bond motifs is 3. The van der Waals surface area contributed by atoms with Crippen LogP contribution in [0.5, 0.6) is 5.75 Å². The molecule has 0 atom stereocenters. The van der Waals surface area contributed by atoms with Crippen LogP contribution < -0.4 is 7.85 Å². The van der Waals surface area contributed by atoms with Gasteiger partial charge in [0.25, 0.3) is 0 Å². The van der Waals surface area contributed by atoms with Gasteiger partial charge in [0.15, 0.2) is 5.58 Å². The Hall–Kier alpha value is -2.42. The normalized spacial score (nSPS) is 11.9. The van der Waals surface area contributed by atoms with Gasteiger partial charge in [0, 0.05) is 10.8 Å². The monoisotopic (exact) mass is 497 g/mol. The largest absolute Gasteiger partial charge is 0.573 e. The SMILES string of the molecule is CCc1cccc2c1oc1c(N(I)c3ccc(OC(F)(F)F)cc3)cccc12. The van der Waals surface area contributed by atoms with Crippen molar-refractivity contribution >= 4 is 56.2 Å². The molecule has 0 aliphatic carbocycles. The number of benzene rings is 3. The highest BCUT2D eigenvalue weighted by Gasteiger charge is 2.31. The number of alkyl halides is 3. The van der Waals surface area contributed by atoms with E-state index in [1.165, 1.54) is 12.1 Å². The number of hydrogen-bond donors (Lipinski definition) is 0. The standard InChI is InChI=1S/C21H15F3INO2/c1-2-13-5-3-6-16-17-7-4-8-18(20(17)27-19(13)16)26(25)14-9-11-15(12-10-14)28-21(22,23)24/h3-12H,2H2,1H3. The molecule has 3 aromatic carbocycles. The number of aryl methyl sites for hydroxylation is 1. The van der Waals surface area contributed by atoms with E-state index in [0.717, 1.165) is 39.6 Å². The maximum Gasteiger partial charge on any atom is 0.573 e. The summed E-state index contributed by atoms with van der Waals surface area (Å²) in [5.41, 5.74) is 4.27. The van der Waals surface area contributed by atoms with Gasteiger partial charge in [0.2, 0.25) is 0 Å². The van der Waals surface area contributed by atoms with Gasteiger partial charge in [-0.25, -0.2) is 0 Å². The molecule has 0 saturated carbocycles. The van der Waals surface area contributed by atoms with Gasteiger partial charge < -0.3 is 9.15 Å². The smallest absolute Gasteiger partial charge is 0.454 e. The van der Waals surface area contributed by atoms with Crippen molar-refractivity contribution in [3.05, 3.63) is 66.2 Å². The molecule has 0 bridgehead atoms. The Morgan fingerprint density at radius 3 is 2.21 bits per heavy atom. The summed E-state index contributed by atoms with van der Waals surface area (Å²) >= 11 is 2.11. The molecule has 0 aliphatic heterocycles. The third-order valence-corrected chi connectivity index (χ3v) is 5.55. The van der Waals surface area contributed by atoms with Crippen molar-refractivity contribution in [3.63, 3.8) is 0 Å². The summed E-state index contributed by atoms with van der Waals surface area (Å²) in [5.74, 6) is -0.254. The number of hydrogen-bond acceptors (Lipinski definition) is 3. The van der Waals surface area contributed by atoms with Crippen LogP contribution in [0.25, 0.3) is 21.9 Å². The van der Waals surface area contributed by atoms with Gasteiger partial charge in [-0.05, 0) is 42.3 Å². The minimum absolute atomic E-state index is 0.254. The van der Waals surface area contributed by atoms with Crippen LogP contribution in [0, 0.1) is 0 Å². The number of rotatable bonds is 4. The highest BCUT2D eigenvalue weighted by Crippen LogP contribution is 2.40. The molecular weight excluding hydrogens is 482 g/mol. The lowest BCUT2D eigenvalue weighted by Gasteiger charge is -2.17. The number of nitrogens with zero attached hydrogens (tertiary/aromatic N) is 1. The number of furan rings is 1. The van der Waals surface area contributed by atoms with Crippen molar-refractivity contribution in [3.8, 4) is 5.75 Å². The van der Waals surface area contributed by atoms with Crippen LogP contribution in [0.2, 0.25) is 0 Å². The van der Waals surface area contributed by atoms with E-state index in [9.17, 15) is 13.2 Å². The van der Waals surface area contributed by atoms with Gasteiger partial charge in [-0.2, -0.15) is 0 Å². The number of anilines is 2. The zero-order valence-corrected chi connectivity index (χ0v) is 16.9. The van der Waals surface area contributed by atoms with Crippen molar-refractivity contribution in [1.29, 1.82) is 0 Å². The Balaban J connectivity index is 1.76. The molecule has 4 aromatic rings. The van der Waals surface area contributed by atoms with Crippen LogP contribution in [0.15, 0.2) is 65.1 Å². The summed E-state index contributed by atoms with van der Waals surface area (Å²) in [7, 11) is 0. The summed E-state index contributed by atoms with van der Waals surface area (Å²) in [6.45, 7) is 2.08. The van der Waals surface area contributed by atoms with Gasteiger partial charge in [-0.15, -0.1) is 13.2 Å². The lowest BCUT2D eigenvalue weighted by Crippen LogP contribution is -2.17. The third-order valence-electron chi connectivity index (χ3n) is 4.47. The second-order valence-corrected chi connectivity index (χ2v) is 7.19. The van der Waals surface area contributed by atoms with Gasteiger partial charge in [-0.3, -0.25) is 3.11 Å². The summed E-state index contributed by atoms with van der Waals surface area (Å²) in [4.78, 5) is 0. The van der Waals surface area contributed by atoms with E-state index in [4.69, 9.17) is 4.42 Å². The second-order valence-electron chi connectivity index (χ2n) is 6.23. The minimum Gasteiger partial charge on any atom is -0.454 e. The van der Waals surface area contributed by atoms with Crippen LogP contribution >= 0.6 is 22.9 Å². The number of halogens is 4. The molecule has 0 radical (unpaired) electrons. The topological polar surface area (TPSA) is 25.6 Å². The Morgan fingerprint density at radius 2 is 1.57 bits per heavy atom. The minimum atomic E-state index is -4.71. The van der Waals surface area contributed by atoms with E-state index in [-0.39, 0.29) is 5.75 Å².